The highest BCUT2D eigenvalue weighted by Gasteiger charge is 2.28. The molecule has 1 N–H and O–H groups in total. The van der Waals surface area contributed by atoms with Crippen LogP contribution in [0.25, 0.3) is 0 Å². The predicted octanol–water partition coefficient (Wildman–Crippen LogP) is 2.79. The molecular weight excluding hydrogens is 272 g/mol. The average molecular weight is 288 g/mol. The van der Waals surface area contributed by atoms with Gasteiger partial charge in [0.2, 0.25) is 5.91 Å². The summed E-state index contributed by atoms with van der Waals surface area (Å²) in [5.41, 5.74) is 1.59. The monoisotopic (exact) mass is 288 g/mol. The molecule has 1 aliphatic rings. The van der Waals surface area contributed by atoms with Gasteiger partial charge in [0.15, 0.2) is 0 Å². The second-order valence-corrected chi connectivity index (χ2v) is 5.18. The van der Waals surface area contributed by atoms with Gasteiger partial charge in [0.05, 0.1) is 23.3 Å². The highest BCUT2D eigenvalue weighted by atomic mass is 32.2. The molecule has 0 aliphatic carbocycles. The summed E-state index contributed by atoms with van der Waals surface area (Å²) < 4.78 is 5.40. The fraction of sp³-hybridized carbons (Fsp3) is 0.333. The van der Waals surface area contributed by atoms with Crippen molar-refractivity contribution in [2.75, 3.05) is 12.9 Å². The van der Waals surface area contributed by atoms with Crippen molar-refractivity contribution >= 4 is 17.7 Å². The number of carbonyl (C=O) groups is 1. The van der Waals surface area contributed by atoms with Crippen molar-refractivity contribution in [2.45, 2.75) is 19.3 Å². The fourth-order valence-corrected chi connectivity index (χ4v) is 2.85. The number of ether oxygens (including phenoxy) is 1. The molecule has 20 heavy (non-hydrogen) atoms. The fourth-order valence-electron chi connectivity index (χ4n) is 2.23. The van der Waals surface area contributed by atoms with Crippen LogP contribution in [0.15, 0.2) is 34.9 Å². The maximum atomic E-state index is 11.8. The summed E-state index contributed by atoms with van der Waals surface area (Å²) in [4.78, 5) is 11.8. The molecule has 0 saturated heterocycles. The second-order valence-electron chi connectivity index (χ2n) is 4.37. The lowest BCUT2D eigenvalue weighted by molar-refractivity contribution is -0.120. The number of benzene rings is 1. The zero-order valence-corrected chi connectivity index (χ0v) is 12.3. The summed E-state index contributed by atoms with van der Waals surface area (Å²) >= 11 is 1.39. The van der Waals surface area contributed by atoms with Crippen LogP contribution in [0, 0.1) is 11.3 Å². The van der Waals surface area contributed by atoms with Crippen LogP contribution in [0.3, 0.4) is 0 Å². The molecule has 1 atom stereocenters. The van der Waals surface area contributed by atoms with Gasteiger partial charge in [0, 0.05) is 12.3 Å². The smallest absolute Gasteiger partial charge is 0.225 e. The third-order valence-electron chi connectivity index (χ3n) is 3.15. The Labute approximate surface area is 122 Å². The van der Waals surface area contributed by atoms with Gasteiger partial charge >= 0.3 is 0 Å². The van der Waals surface area contributed by atoms with Gasteiger partial charge in [-0.2, -0.15) is 5.26 Å². The van der Waals surface area contributed by atoms with E-state index in [2.05, 4.69) is 11.4 Å². The molecule has 0 bridgehead atoms. The molecule has 1 aromatic carbocycles. The van der Waals surface area contributed by atoms with Crippen molar-refractivity contribution in [3.8, 4) is 11.8 Å². The number of nitriles is 1. The topological polar surface area (TPSA) is 62.1 Å². The van der Waals surface area contributed by atoms with E-state index in [4.69, 9.17) is 4.74 Å². The number of hydrogen-bond acceptors (Lipinski definition) is 4. The Bertz CT molecular complexity index is 573. The molecule has 1 heterocycles. The minimum absolute atomic E-state index is 0.0489. The summed E-state index contributed by atoms with van der Waals surface area (Å²) in [7, 11) is 0. The van der Waals surface area contributed by atoms with Crippen LogP contribution in [0.4, 0.5) is 0 Å². The lowest BCUT2D eigenvalue weighted by atomic mass is 9.87. The zero-order chi connectivity index (χ0) is 14.5. The molecule has 0 unspecified atom stereocenters. The van der Waals surface area contributed by atoms with E-state index in [0.29, 0.717) is 23.6 Å². The number of amides is 1. The van der Waals surface area contributed by atoms with Crippen molar-refractivity contribution in [1.29, 1.82) is 5.26 Å². The van der Waals surface area contributed by atoms with E-state index in [-0.39, 0.29) is 11.8 Å². The zero-order valence-electron chi connectivity index (χ0n) is 11.5. The van der Waals surface area contributed by atoms with Crippen LogP contribution < -0.4 is 10.1 Å². The maximum Gasteiger partial charge on any atom is 0.225 e. The Hall–Kier alpha value is -1.93. The van der Waals surface area contributed by atoms with Gasteiger partial charge in [0.1, 0.15) is 5.75 Å². The van der Waals surface area contributed by atoms with E-state index in [1.165, 1.54) is 11.8 Å². The average Bonchev–Trinajstić information content (AvgIpc) is 2.47. The molecule has 5 heteroatoms. The Morgan fingerprint density at radius 3 is 2.70 bits per heavy atom. The Morgan fingerprint density at radius 2 is 2.15 bits per heavy atom. The van der Waals surface area contributed by atoms with Gasteiger partial charge in [-0.1, -0.05) is 12.1 Å². The molecule has 0 spiro atoms. The van der Waals surface area contributed by atoms with Crippen LogP contribution in [0.2, 0.25) is 0 Å². The second kappa shape index (κ2) is 6.49. The first-order chi connectivity index (χ1) is 9.69. The molecule has 0 radical (unpaired) electrons. The van der Waals surface area contributed by atoms with Crippen LogP contribution in [-0.4, -0.2) is 18.8 Å². The van der Waals surface area contributed by atoms with E-state index in [9.17, 15) is 10.1 Å². The predicted molar refractivity (Wildman–Crippen MR) is 79.3 cm³/mol. The number of rotatable bonds is 4. The van der Waals surface area contributed by atoms with Crippen molar-refractivity contribution in [1.82, 2.24) is 5.32 Å². The summed E-state index contributed by atoms with van der Waals surface area (Å²) in [5.74, 6) is 0.572. The van der Waals surface area contributed by atoms with Gasteiger partial charge < -0.3 is 10.1 Å². The first-order valence-electron chi connectivity index (χ1n) is 6.40. The Kier molecular flexibility index (Phi) is 4.70. The quantitative estimate of drug-likeness (QED) is 0.925. The molecule has 1 amide bonds. The molecule has 1 aliphatic heterocycles. The number of hydrogen-bond donors (Lipinski definition) is 1. The molecule has 0 saturated carbocycles. The summed E-state index contributed by atoms with van der Waals surface area (Å²) in [6.45, 7) is 2.55. The SMILES string of the molecule is CCOc1ccc([C@H]2CC(=O)NC(SC)=C2C#N)cc1. The van der Waals surface area contributed by atoms with Gasteiger partial charge in [-0.15, -0.1) is 11.8 Å². The molecule has 4 nitrogen and oxygen atoms in total. The Morgan fingerprint density at radius 1 is 1.45 bits per heavy atom. The van der Waals surface area contributed by atoms with E-state index in [1.54, 1.807) is 0 Å². The van der Waals surface area contributed by atoms with E-state index in [0.717, 1.165) is 11.3 Å². The van der Waals surface area contributed by atoms with Gasteiger partial charge in [-0.3, -0.25) is 4.79 Å². The highest BCUT2D eigenvalue weighted by Crippen LogP contribution is 2.35. The van der Waals surface area contributed by atoms with Gasteiger partial charge in [-0.25, -0.2) is 0 Å². The molecular formula is C15H16N2O2S. The van der Waals surface area contributed by atoms with Crippen molar-refractivity contribution in [3.63, 3.8) is 0 Å². The molecule has 104 valence electrons. The first-order valence-corrected chi connectivity index (χ1v) is 7.63. The molecule has 2 rings (SSSR count). The number of allylic oxidation sites excluding steroid dienone is 1. The summed E-state index contributed by atoms with van der Waals surface area (Å²) in [6, 6.07) is 9.82. The van der Waals surface area contributed by atoms with E-state index < -0.39 is 0 Å². The van der Waals surface area contributed by atoms with Crippen LogP contribution in [0.5, 0.6) is 5.75 Å². The largest absolute Gasteiger partial charge is 0.494 e. The van der Waals surface area contributed by atoms with Crippen molar-refractivity contribution < 1.29 is 9.53 Å². The number of nitrogens with zero attached hydrogens (tertiary/aromatic N) is 1. The number of carbonyl (C=O) groups excluding carboxylic acids is 1. The lowest BCUT2D eigenvalue weighted by Gasteiger charge is -2.24. The van der Waals surface area contributed by atoms with Crippen molar-refractivity contribution in [3.05, 3.63) is 40.4 Å². The summed E-state index contributed by atoms with van der Waals surface area (Å²) in [6.07, 6.45) is 2.16. The van der Waals surface area contributed by atoms with Gasteiger partial charge in [-0.05, 0) is 30.9 Å². The Balaban J connectivity index is 2.34. The number of thioether (sulfide) groups is 1. The van der Waals surface area contributed by atoms with Crippen LogP contribution in [-0.2, 0) is 4.79 Å². The van der Waals surface area contributed by atoms with Gasteiger partial charge in [0.25, 0.3) is 0 Å². The first kappa shape index (κ1) is 14.5. The van der Waals surface area contributed by atoms with Crippen LogP contribution >= 0.6 is 11.8 Å². The third-order valence-corrected chi connectivity index (χ3v) is 3.88. The van der Waals surface area contributed by atoms with Crippen molar-refractivity contribution in [2.24, 2.45) is 0 Å². The van der Waals surface area contributed by atoms with E-state index in [1.807, 2.05) is 37.4 Å². The third kappa shape index (κ3) is 2.97. The summed E-state index contributed by atoms with van der Waals surface area (Å²) in [5, 5.41) is 12.8. The molecule has 0 fully saturated rings. The lowest BCUT2D eigenvalue weighted by Crippen LogP contribution is -2.30. The normalized spacial score (nSPS) is 18.4. The van der Waals surface area contributed by atoms with E-state index >= 15 is 0 Å². The standard InChI is InChI=1S/C15H16N2O2S/c1-3-19-11-6-4-10(5-7-11)12-8-14(18)17-15(20-2)13(12)9-16/h4-7,12H,3,8H2,1-2H3,(H,17,18)/t12-/m1/s1. The minimum atomic E-state index is -0.174. The number of nitrogens with one attached hydrogen (secondary N) is 1. The van der Waals surface area contributed by atoms with Crippen LogP contribution in [0.1, 0.15) is 24.8 Å². The maximum absolute atomic E-state index is 11.8. The highest BCUT2D eigenvalue weighted by molar-refractivity contribution is 8.02. The molecule has 1 aromatic rings. The minimum Gasteiger partial charge on any atom is -0.494 e. The molecule has 0 aromatic heterocycles.